The van der Waals surface area contributed by atoms with E-state index in [1.165, 1.54) is 6.42 Å². The van der Waals surface area contributed by atoms with E-state index in [0.717, 1.165) is 62.7 Å². The molecule has 5 aliphatic rings. The van der Waals surface area contributed by atoms with Gasteiger partial charge < -0.3 is 14.6 Å². The van der Waals surface area contributed by atoms with E-state index in [9.17, 15) is 14.7 Å². The molecule has 0 spiro atoms. The second-order valence-corrected chi connectivity index (χ2v) is 12.2. The average Bonchev–Trinajstić information content (AvgIpc) is 3.30. The Kier molecular flexibility index (Phi) is 4.98. The van der Waals surface area contributed by atoms with Crippen LogP contribution < -0.4 is 0 Å². The number of carbonyl (C=O) groups is 2. The molecule has 4 bridgehead atoms. The lowest BCUT2D eigenvalue weighted by molar-refractivity contribution is -0.177. The van der Waals surface area contributed by atoms with Crippen LogP contribution in [-0.2, 0) is 14.3 Å². The fraction of sp³-hybridized carbons (Fsp3) is 0.840. The molecule has 5 heteroatoms. The molecule has 4 nitrogen and oxygen atoms in total. The topological polar surface area (TPSA) is 63.6 Å². The average molecular weight is 433 g/mol. The summed E-state index contributed by atoms with van der Waals surface area (Å²) >= 11 is 1.84. The molecule has 3 saturated carbocycles. The Hall–Kier alpha value is -0.810. The highest BCUT2D eigenvalue weighted by molar-refractivity contribution is 7.99. The molecule has 1 heterocycles. The molecule has 1 aliphatic heterocycles. The van der Waals surface area contributed by atoms with Gasteiger partial charge >= 0.3 is 5.97 Å². The van der Waals surface area contributed by atoms with Crippen LogP contribution in [0.25, 0.3) is 0 Å². The molecule has 4 fully saturated rings. The number of hydrogen-bond donors (Lipinski definition) is 1. The monoisotopic (exact) mass is 432 g/mol. The maximum Gasteiger partial charge on any atom is 0.315 e. The van der Waals surface area contributed by atoms with Crippen LogP contribution in [-0.4, -0.2) is 35.2 Å². The number of hydrogen-bond acceptors (Lipinski definition) is 4. The number of carbonyl (C=O) groups excluding carboxylic acids is 1. The van der Waals surface area contributed by atoms with Gasteiger partial charge in [-0.05, 0) is 68.1 Å². The SMILES string of the molecule is CC(C)C1=CC2CC3(C=O)C4CCC(C)[C@H]4CC2(CSC2CCCCO2)C13C(=O)O. The second-order valence-electron chi connectivity index (χ2n) is 11.1. The van der Waals surface area contributed by atoms with Crippen LogP contribution in [0.4, 0.5) is 0 Å². The molecule has 5 rings (SSSR count). The largest absolute Gasteiger partial charge is 0.481 e. The van der Waals surface area contributed by atoms with Crippen molar-refractivity contribution < 1.29 is 19.4 Å². The molecular formula is C25H36O4S. The first-order valence-corrected chi connectivity index (χ1v) is 13.0. The Morgan fingerprint density at radius 3 is 2.73 bits per heavy atom. The lowest BCUT2D eigenvalue weighted by atomic mass is 9.43. The number of thioether (sulfide) groups is 1. The summed E-state index contributed by atoms with van der Waals surface area (Å²) in [4.78, 5) is 26.3. The number of carboxylic acid groups (broad SMARTS) is 1. The molecule has 30 heavy (non-hydrogen) atoms. The standard InChI is InChI=1S/C25H36O4S/c1-15(2)20-10-17-11-23(13-26)19-8-7-16(3)18(19)12-24(17,25(20,23)22(27)28)14-30-21-6-4-5-9-29-21/h10,13,15-19,21H,4-9,11-12,14H2,1-3H3,(H,27,28)/t16?,17?,18-,19?,21?,23?,24?,25?/m1/s1. The van der Waals surface area contributed by atoms with Crippen molar-refractivity contribution in [3.63, 3.8) is 0 Å². The lowest BCUT2D eigenvalue weighted by Crippen LogP contribution is -2.63. The molecule has 7 unspecified atom stereocenters. The highest BCUT2D eigenvalue weighted by Gasteiger charge is 2.84. The summed E-state index contributed by atoms with van der Waals surface area (Å²) in [5.74, 6) is 1.68. The summed E-state index contributed by atoms with van der Waals surface area (Å²) in [6.45, 7) is 7.37. The van der Waals surface area contributed by atoms with Crippen LogP contribution in [0.1, 0.15) is 65.7 Å². The van der Waals surface area contributed by atoms with Gasteiger partial charge in [0, 0.05) is 17.8 Å². The lowest BCUT2D eigenvalue weighted by Gasteiger charge is -2.58. The molecular weight excluding hydrogens is 396 g/mol. The molecule has 1 saturated heterocycles. The van der Waals surface area contributed by atoms with Crippen LogP contribution >= 0.6 is 11.8 Å². The third kappa shape index (κ3) is 2.34. The minimum absolute atomic E-state index is 0.149. The van der Waals surface area contributed by atoms with E-state index in [1.807, 2.05) is 11.8 Å². The zero-order valence-corrected chi connectivity index (χ0v) is 19.4. The molecule has 1 N–H and O–H groups in total. The Labute approximate surface area is 184 Å². The van der Waals surface area contributed by atoms with Crippen molar-refractivity contribution in [3.8, 4) is 0 Å². The summed E-state index contributed by atoms with van der Waals surface area (Å²) < 4.78 is 6.02. The Morgan fingerprint density at radius 2 is 2.10 bits per heavy atom. The molecule has 166 valence electrons. The normalized spacial score (nSPS) is 49.2. The zero-order valence-electron chi connectivity index (χ0n) is 18.6. The van der Waals surface area contributed by atoms with Gasteiger partial charge in [0.1, 0.15) is 17.1 Å². The predicted octanol–water partition coefficient (Wildman–Crippen LogP) is 5.17. The van der Waals surface area contributed by atoms with Gasteiger partial charge in [0.15, 0.2) is 0 Å². The number of aliphatic carboxylic acids is 1. The van der Waals surface area contributed by atoms with Gasteiger partial charge in [0.25, 0.3) is 0 Å². The van der Waals surface area contributed by atoms with E-state index in [-0.39, 0.29) is 28.6 Å². The highest BCUT2D eigenvalue weighted by Crippen LogP contribution is 2.83. The van der Waals surface area contributed by atoms with E-state index in [2.05, 4.69) is 26.8 Å². The fourth-order valence-corrected chi connectivity index (χ4v) is 10.3. The second kappa shape index (κ2) is 7.10. The Balaban J connectivity index is 1.64. The van der Waals surface area contributed by atoms with E-state index in [4.69, 9.17) is 4.74 Å². The van der Waals surface area contributed by atoms with Crippen molar-refractivity contribution in [2.24, 2.45) is 45.8 Å². The summed E-state index contributed by atoms with van der Waals surface area (Å²) in [6.07, 6.45) is 10.6. The van der Waals surface area contributed by atoms with Crippen LogP contribution in [0.2, 0.25) is 0 Å². The van der Waals surface area contributed by atoms with E-state index < -0.39 is 16.8 Å². The van der Waals surface area contributed by atoms with Crippen LogP contribution in [0, 0.1) is 45.8 Å². The fourth-order valence-electron chi connectivity index (χ4n) is 8.72. The smallest absolute Gasteiger partial charge is 0.315 e. The third-order valence-corrected chi connectivity index (χ3v) is 11.2. The van der Waals surface area contributed by atoms with Gasteiger partial charge in [-0.15, -0.1) is 11.8 Å². The van der Waals surface area contributed by atoms with Crippen molar-refractivity contribution in [3.05, 3.63) is 11.6 Å². The third-order valence-electron chi connectivity index (χ3n) is 9.79. The first kappa shape index (κ1) is 21.1. The predicted molar refractivity (Wildman–Crippen MR) is 118 cm³/mol. The number of ether oxygens (including phenoxy) is 1. The number of aldehydes is 1. The van der Waals surface area contributed by atoms with Gasteiger partial charge in [-0.25, -0.2) is 0 Å². The van der Waals surface area contributed by atoms with Gasteiger partial charge in [0.05, 0.1) is 5.41 Å². The zero-order chi connectivity index (χ0) is 21.3. The maximum absolute atomic E-state index is 13.4. The number of fused-ring (bicyclic) bond motifs is 2. The quantitative estimate of drug-likeness (QED) is 0.463. The van der Waals surface area contributed by atoms with Crippen molar-refractivity contribution in [1.82, 2.24) is 0 Å². The molecule has 8 atom stereocenters. The molecule has 4 aliphatic carbocycles. The minimum Gasteiger partial charge on any atom is -0.481 e. The summed E-state index contributed by atoms with van der Waals surface area (Å²) in [5.41, 5.74) is -0.912. The number of rotatable bonds is 6. The van der Waals surface area contributed by atoms with Crippen molar-refractivity contribution in [1.29, 1.82) is 0 Å². The van der Waals surface area contributed by atoms with Crippen LogP contribution in [0.3, 0.4) is 0 Å². The van der Waals surface area contributed by atoms with Crippen LogP contribution in [0.5, 0.6) is 0 Å². The first-order chi connectivity index (χ1) is 14.3. The van der Waals surface area contributed by atoms with Crippen molar-refractivity contribution in [2.45, 2.75) is 71.2 Å². The van der Waals surface area contributed by atoms with E-state index >= 15 is 0 Å². The van der Waals surface area contributed by atoms with Gasteiger partial charge in [-0.3, -0.25) is 4.79 Å². The summed E-state index contributed by atoms with van der Waals surface area (Å²) in [6, 6.07) is 0. The van der Waals surface area contributed by atoms with Crippen LogP contribution in [0.15, 0.2) is 11.6 Å². The van der Waals surface area contributed by atoms with Gasteiger partial charge in [0.2, 0.25) is 0 Å². The molecule has 0 aromatic carbocycles. The maximum atomic E-state index is 13.4. The van der Waals surface area contributed by atoms with E-state index in [1.54, 1.807) is 0 Å². The van der Waals surface area contributed by atoms with Crippen molar-refractivity contribution in [2.75, 3.05) is 12.4 Å². The molecule has 0 aromatic heterocycles. The van der Waals surface area contributed by atoms with Crippen molar-refractivity contribution >= 4 is 24.0 Å². The Bertz CT molecular complexity index is 771. The molecule has 0 aromatic rings. The summed E-state index contributed by atoms with van der Waals surface area (Å²) in [5, 5.41) is 11.0. The first-order valence-electron chi connectivity index (χ1n) is 12.0. The van der Waals surface area contributed by atoms with Gasteiger partial charge in [-0.1, -0.05) is 38.8 Å². The van der Waals surface area contributed by atoms with Gasteiger partial charge in [-0.2, -0.15) is 0 Å². The molecule has 0 radical (unpaired) electrons. The minimum atomic E-state index is -1.03. The summed E-state index contributed by atoms with van der Waals surface area (Å²) in [7, 11) is 0. The Morgan fingerprint density at radius 1 is 1.30 bits per heavy atom. The van der Waals surface area contributed by atoms with E-state index in [0.29, 0.717) is 11.8 Å². The molecule has 0 amide bonds. The number of carboxylic acids is 1. The number of allylic oxidation sites excluding steroid dienone is 1. The highest BCUT2D eigenvalue weighted by atomic mass is 32.2.